The number of nitrogens with one attached hydrogen (secondary N) is 1. The average molecular weight is 198 g/mol. The number of amides is 1. The lowest BCUT2D eigenvalue weighted by Crippen LogP contribution is -2.26. The Hall–Kier alpha value is -0.570. The van der Waals surface area contributed by atoms with Gasteiger partial charge in [0.15, 0.2) is 0 Å². The number of carbonyl (C=O) groups is 1. The molecule has 14 heavy (non-hydrogen) atoms. The number of carbonyl (C=O) groups excluding carboxylic acids is 1. The van der Waals surface area contributed by atoms with E-state index in [0.717, 1.165) is 32.4 Å². The number of rotatable bonds is 6. The van der Waals surface area contributed by atoms with Crippen molar-refractivity contribution in [2.75, 3.05) is 13.1 Å². The predicted molar refractivity (Wildman–Crippen MR) is 57.9 cm³/mol. The summed E-state index contributed by atoms with van der Waals surface area (Å²) in [6.45, 7) is 1.52. The Labute approximate surface area is 86.4 Å². The summed E-state index contributed by atoms with van der Waals surface area (Å²) in [4.78, 5) is 11.4. The zero-order valence-electron chi connectivity index (χ0n) is 8.93. The van der Waals surface area contributed by atoms with Gasteiger partial charge in [0.2, 0.25) is 5.91 Å². The second-order valence-corrected chi connectivity index (χ2v) is 4.20. The van der Waals surface area contributed by atoms with Crippen LogP contribution in [0.4, 0.5) is 0 Å². The van der Waals surface area contributed by atoms with Crippen LogP contribution in [0, 0.1) is 5.92 Å². The molecule has 82 valence electrons. The van der Waals surface area contributed by atoms with E-state index in [9.17, 15) is 4.79 Å². The molecule has 0 aromatic rings. The van der Waals surface area contributed by atoms with Gasteiger partial charge in [-0.2, -0.15) is 0 Å². The molecule has 1 amide bonds. The Morgan fingerprint density at radius 2 is 2.00 bits per heavy atom. The smallest absolute Gasteiger partial charge is 0.220 e. The van der Waals surface area contributed by atoms with Crippen LogP contribution in [0.3, 0.4) is 0 Å². The zero-order valence-corrected chi connectivity index (χ0v) is 8.93. The fourth-order valence-corrected chi connectivity index (χ4v) is 2.05. The van der Waals surface area contributed by atoms with Crippen molar-refractivity contribution in [1.82, 2.24) is 5.32 Å². The summed E-state index contributed by atoms with van der Waals surface area (Å²) in [7, 11) is 0. The SMILES string of the molecule is NCCCCNC(=O)CC1CCCC1. The first-order valence-corrected chi connectivity index (χ1v) is 5.79. The highest BCUT2D eigenvalue weighted by atomic mass is 16.1. The number of hydrogen-bond acceptors (Lipinski definition) is 2. The summed E-state index contributed by atoms with van der Waals surface area (Å²) < 4.78 is 0. The van der Waals surface area contributed by atoms with Crippen molar-refractivity contribution in [2.24, 2.45) is 11.7 Å². The van der Waals surface area contributed by atoms with Crippen LogP contribution in [0.2, 0.25) is 0 Å². The van der Waals surface area contributed by atoms with E-state index >= 15 is 0 Å². The van der Waals surface area contributed by atoms with Gasteiger partial charge in [0.05, 0.1) is 0 Å². The number of unbranched alkanes of at least 4 members (excludes halogenated alkanes) is 1. The topological polar surface area (TPSA) is 55.1 Å². The molecule has 3 N–H and O–H groups in total. The van der Waals surface area contributed by atoms with E-state index < -0.39 is 0 Å². The van der Waals surface area contributed by atoms with Gasteiger partial charge >= 0.3 is 0 Å². The van der Waals surface area contributed by atoms with E-state index in [1.165, 1.54) is 25.7 Å². The van der Waals surface area contributed by atoms with E-state index in [2.05, 4.69) is 5.32 Å². The molecule has 0 bridgehead atoms. The van der Waals surface area contributed by atoms with Crippen molar-refractivity contribution in [1.29, 1.82) is 0 Å². The van der Waals surface area contributed by atoms with Crippen LogP contribution in [0.25, 0.3) is 0 Å². The lowest BCUT2D eigenvalue weighted by atomic mass is 10.0. The molecule has 0 unspecified atom stereocenters. The summed E-state index contributed by atoms with van der Waals surface area (Å²) in [6, 6.07) is 0. The molecule has 3 nitrogen and oxygen atoms in total. The van der Waals surface area contributed by atoms with Crippen LogP contribution in [-0.4, -0.2) is 19.0 Å². The first kappa shape index (κ1) is 11.5. The largest absolute Gasteiger partial charge is 0.356 e. The minimum atomic E-state index is 0.230. The third kappa shape index (κ3) is 4.61. The molecule has 0 saturated heterocycles. The second-order valence-electron chi connectivity index (χ2n) is 4.20. The van der Waals surface area contributed by atoms with E-state index in [1.807, 2.05) is 0 Å². The Morgan fingerprint density at radius 3 is 2.64 bits per heavy atom. The minimum absolute atomic E-state index is 0.230. The van der Waals surface area contributed by atoms with E-state index in [0.29, 0.717) is 5.92 Å². The maximum atomic E-state index is 11.4. The van der Waals surface area contributed by atoms with Gasteiger partial charge < -0.3 is 11.1 Å². The van der Waals surface area contributed by atoms with E-state index in [1.54, 1.807) is 0 Å². The number of nitrogens with two attached hydrogens (primary N) is 1. The van der Waals surface area contributed by atoms with Crippen LogP contribution in [-0.2, 0) is 4.79 Å². The van der Waals surface area contributed by atoms with Crippen molar-refractivity contribution >= 4 is 5.91 Å². The molecule has 0 aromatic heterocycles. The van der Waals surface area contributed by atoms with E-state index in [4.69, 9.17) is 5.73 Å². The van der Waals surface area contributed by atoms with Crippen LogP contribution < -0.4 is 11.1 Å². The molecule has 0 aromatic carbocycles. The van der Waals surface area contributed by atoms with Gasteiger partial charge in [-0.3, -0.25) is 4.79 Å². The molecule has 0 atom stereocenters. The Morgan fingerprint density at radius 1 is 1.29 bits per heavy atom. The zero-order chi connectivity index (χ0) is 10.2. The molecule has 1 aliphatic rings. The summed E-state index contributed by atoms with van der Waals surface area (Å²) in [6.07, 6.45) is 7.86. The molecule has 0 radical (unpaired) electrons. The lowest BCUT2D eigenvalue weighted by Gasteiger charge is -2.08. The first-order chi connectivity index (χ1) is 6.83. The molecule has 0 spiro atoms. The van der Waals surface area contributed by atoms with Gasteiger partial charge in [-0.25, -0.2) is 0 Å². The van der Waals surface area contributed by atoms with Crippen molar-refractivity contribution in [3.63, 3.8) is 0 Å². The predicted octanol–water partition coefficient (Wildman–Crippen LogP) is 1.42. The summed E-state index contributed by atoms with van der Waals surface area (Å²) in [5.74, 6) is 0.887. The molecular formula is C11H22N2O. The highest BCUT2D eigenvalue weighted by molar-refractivity contribution is 5.76. The van der Waals surface area contributed by atoms with Gasteiger partial charge in [0, 0.05) is 13.0 Å². The fraction of sp³-hybridized carbons (Fsp3) is 0.909. The maximum Gasteiger partial charge on any atom is 0.220 e. The standard InChI is InChI=1S/C11H22N2O/c12-7-3-4-8-13-11(14)9-10-5-1-2-6-10/h10H,1-9,12H2,(H,13,14). The highest BCUT2D eigenvalue weighted by Crippen LogP contribution is 2.27. The molecule has 1 fully saturated rings. The van der Waals surface area contributed by atoms with Crippen molar-refractivity contribution < 1.29 is 4.79 Å². The van der Waals surface area contributed by atoms with Gasteiger partial charge in [-0.1, -0.05) is 12.8 Å². The van der Waals surface area contributed by atoms with Crippen molar-refractivity contribution in [2.45, 2.75) is 44.9 Å². The molecule has 0 aliphatic heterocycles. The second kappa shape index (κ2) is 6.82. The average Bonchev–Trinajstić information content (AvgIpc) is 2.65. The van der Waals surface area contributed by atoms with Crippen LogP contribution in [0.15, 0.2) is 0 Å². The first-order valence-electron chi connectivity index (χ1n) is 5.79. The van der Waals surface area contributed by atoms with Gasteiger partial charge in [-0.15, -0.1) is 0 Å². The molecule has 3 heteroatoms. The monoisotopic (exact) mass is 198 g/mol. The molecular weight excluding hydrogens is 176 g/mol. The van der Waals surface area contributed by atoms with Crippen LogP contribution >= 0.6 is 0 Å². The molecule has 1 saturated carbocycles. The van der Waals surface area contributed by atoms with Gasteiger partial charge in [0.25, 0.3) is 0 Å². The van der Waals surface area contributed by atoms with Crippen molar-refractivity contribution in [3.8, 4) is 0 Å². The number of hydrogen-bond donors (Lipinski definition) is 2. The van der Waals surface area contributed by atoms with Crippen molar-refractivity contribution in [3.05, 3.63) is 0 Å². The summed E-state index contributed by atoms with van der Waals surface area (Å²) >= 11 is 0. The summed E-state index contributed by atoms with van der Waals surface area (Å²) in [5, 5.41) is 2.95. The Balaban J connectivity index is 1.98. The molecule has 1 aliphatic carbocycles. The molecule has 0 heterocycles. The van der Waals surface area contributed by atoms with Gasteiger partial charge in [-0.05, 0) is 38.1 Å². The van der Waals surface area contributed by atoms with Gasteiger partial charge in [0.1, 0.15) is 0 Å². The third-order valence-corrected chi connectivity index (χ3v) is 2.90. The third-order valence-electron chi connectivity index (χ3n) is 2.90. The quantitative estimate of drug-likeness (QED) is 0.634. The highest BCUT2D eigenvalue weighted by Gasteiger charge is 2.17. The van der Waals surface area contributed by atoms with Crippen LogP contribution in [0.1, 0.15) is 44.9 Å². The normalized spacial score (nSPS) is 17.2. The maximum absolute atomic E-state index is 11.4. The van der Waals surface area contributed by atoms with Crippen LogP contribution in [0.5, 0.6) is 0 Å². The fourth-order valence-electron chi connectivity index (χ4n) is 2.05. The summed E-state index contributed by atoms with van der Waals surface area (Å²) in [5.41, 5.74) is 5.36. The lowest BCUT2D eigenvalue weighted by molar-refractivity contribution is -0.121. The van der Waals surface area contributed by atoms with E-state index in [-0.39, 0.29) is 5.91 Å². The molecule has 1 rings (SSSR count). The Bertz CT molecular complexity index is 165. The minimum Gasteiger partial charge on any atom is -0.356 e. The Kier molecular flexibility index (Phi) is 5.60.